The third kappa shape index (κ3) is 3.89. The molecular weight excluding hydrogens is 284 g/mol. The third-order valence-corrected chi connectivity index (χ3v) is 3.12. The van der Waals surface area contributed by atoms with E-state index < -0.39 is 4.92 Å². The summed E-state index contributed by atoms with van der Waals surface area (Å²) in [4.78, 5) is 24.0. The first-order valence-corrected chi connectivity index (χ1v) is 6.69. The number of hydrogen-bond acceptors (Lipinski definition) is 4. The molecule has 114 valence electrons. The van der Waals surface area contributed by atoms with Crippen LogP contribution in [0.3, 0.4) is 0 Å². The smallest absolute Gasteiger partial charge is 0.269 e. The molecule has 0 unspecified atom stereocenters. The van der Waals surface area contributed by atoms with Gasteiger partial charge in [0.05, 0.1) is 11.5 Å². The molecule has 2 rings (SSSR count). The number of hydrogen-bond donors (Lipinski definition) is 0. The summed E-state index contributed by atoms with van der Waals surface area (Å²) in [5.41, 5.74) is 1.58. The zero-order valence-electron chi connectivity index (χ0n) is 12.1. The molecule has 0 saturated heterocycles. The van der Waals surface area contributed by atoms with E-state index in [2.05, 4.69) is 0 Å². The second-order valence-electron chi connectivity index (χ2n) is 4.67. The lowest BCUT2D eigenvalue weighted by molar-refractivity contribution is -0.384. The van der Waals surface area contributed by atoms with Crippen LogP contribution in [0.1, 0.15) is 5.56 Å². The average Bonchev–Trinajstić information content (AvgIpc) is 2.54. The van der Waals surface area contributed by atoms with Crippen molar-refractivity contribution in [2.75, 3.05) is 18.6 Å². The summed E-state index contributed by atoms with van der Waals surface area (Å²) in [5.74, 6) is -0.174. The van der Waals surface area contributed by atoms with Crippen LogP contribution < -0.4 is 4.90 Å². The molecule has 0 bridgehead atoms. The molecule has 0 aliphatic rings. The van der Waals surface area contributed by atoms with Gasteiger partial charge in [0.25, 0.3) is 11.6 Å². The molecule has 0 aliphatic carbocycles. The third-order valence-electron chi connectivity index (χ3n) is 3.12. The number of nitro benzene ring substituents is 1. The van der Waals surface area contributed by atoms with Crippen LogP contribution in [0, 0.1) is 10.1 Å². The van der Waals surface area contributed by atoms with E-state index in [9.17, 15) is 14.9 Å². The van der Waals surface area contributed by atoms with E-state index in [4.69, 9.17) is 4.74 Å². The first-order chi connectivity index (χ1) is 10.6. The van der Waals surface area contributed by atoms with Crippen molar-refractivity contribution in [2.24, 2.45) is 0 Å². The molecule has 22 heavy (non-hydrogen) atoms. The Kier molecular flexibility index (Phi) is 5.21. The topological polar surface area (TPSA) is 72.7 Å². The average molecular weight is 300 g/mol. The molecule has 0 N–H and O–H groups in total. The Morgan fingerprint density at radius 1 is 1.14 bits per heavy atom. The van der Waals surface area contributed by atoms with Gasteiger partial charge in [-0.05, 0) is 17.7 Å². The summed E-state index contributed by atoms with van der Waals surface area (Å²) in [6, 6.07) is 15.4. The number of non-ortho nitro benzene ring substituents is 1. The quantitative estimate of drug-likeness (QED) is 0.607. The van der Waals surface area contributed by atoms with Crippen molar-refractivity contribution in [3.05, 3.63) is 70.3 Å². The van der Waals surface area contributed by atoms with Crippen LogP contribution >= 0.6 is 0 Å². The van der Waals surface area contributed by atoms with Crippen LogP contribution in [0.2, 0.25) is 0 Å². The van der Waals surface area contributed by atoms with Gasteiger partial charge in [-0.15, -0.1) is 0 Å². The SMILES string of the molecule is COCC(=O)N(Cc1ccc([N+](=O)[O-])cc1)c1ccccc1. The summed E-state index contributed by atoms with van der Waals surface area (Å²) in [5, 5.41) is 10.7. The van der Waals surface area contributed by atoms with Gasteiger partial charge in [-0.1, -0.05) is 30.3 Å². The van der Waals surface area contributed by atoms with E-state index >= 15 is 0 Å². The van der Waals surface area contributed by atoms with E-state index in [1.807, 2.05) is 30.3 Å². The Morgan fingerprint density at radius 3 is 2.32 bits per heavy atom. The Labute approximate surface area is 128 Å². The van der Waals surface area contributed by atoms with E-state index in [0.29, 0.717) is 6.54 Å². The zero-order valence-corrected chi connectivity index (χ0v) is 12.1. The highest BCUT2D eigenvalue weighted by atomic mass is 16.6. The summed E-state index contributed by atoms with van der Waals surface area (Å²) < 4.78 is 4.91. The van der Waals surface area contributed by atoms with Crippen molar-refractivity contribution < 1.29 is 14.5 Å². The molecule has 0 aliphatic heterocycles. The number of methoxy groups -OCH3 is 1. The number of amides is 1. The number of carbonyl (C=O) groups is 1. The minimum atomic E-state index is -0.450. The predicted octanol–water partition coefficient (Wildman–Crippen LogP) is 2.77. The van der Waals surface area contributed by atoms with Gasteiger partial charge in [0.1, 0.15) is 6.61 Å². The Balaban J connectivity index is 2.22. The number of benzene rings is 2. The van der Waals surface area contributed by atoms with Gasteiger partial charge in [-0.3, -0.25) is 14.9 Å². The molecule has 6 heteroatoms. The van der Waals surface area contributed by atoms with Gasteiger partial charge >= 0.3 is 0 Å². The Morgan fingerprint density at radius 2 is 1.77 bits per heavy atom. The van der Waals surface area contributed by atoms with Crippen LogP contribution in [0.4, 0.5) is 11.4 Å². The number of para-hydroxylation sites is 1. The molecular formula is C16H16N2O4. The Hall–Kier alpha value is -2.73. The molecule has 0 atom stereocenters. The second kappa shape index (κ2) is 7.33. The largest absolute Gasteiger partial charge is 0.375 e. The molecule has 2 aromatic carbocycles. The highest BCUT2D eigenvalue weighted by Gasteiger charge is 2.16. The molecule has 0 aromatic heterocycles. The number of carbonyl (C=O) groups excluding carboxylic acids is 1. The normalized spacial score (nSPS) is 10.2. The lowest BCUT2D eigenvalue weighted by Crippen LogP contribution is -2.33. The van der Waals surface area contributed by atoms with Crippen molar-refractivity contribution in [1.29, 1.82) is 0 Å². The molecule has 0 fully saturated rings. The van der Waals surface area contributed by atoms with Crippen LogP contribution in [-0.4, -0.2) is 24.5 Å². The fraction of sp³-hybridized carbons (Fsp3) is 0.188. The van der Waals surface area contributed by atoms with Gasteiger partial charge < -0.3 is 9.64 Å². The molecule has 0 heterocycles. The lowest BCUT2D eigenvalue weighted by Gasteiger charge is -2.22. The predicted molar refractivity (Wildman–Crippen MR) is 82.6 cm³/mol. The summed E-state index contributed by atoms with van der Waals surface area (Å²) in [6.07, 6.45) is 0. The summed E-state index contributed by atoms with van der Waals surface area (Å²) in [7, 11) is 1.47. The molecule has 2 aromatic rings. The van der Waals surface area contributed by atoms with Crippen molar-refractivity contribution in [2.45, 2.75) is 6.54 Å². The number of rotatable bonds is 6. The van der Waals surface area contributed by atoms with Crippen molar-refractivity contribution in [3.63, 3.8) is 0 Å². The van der Waals surface area contributed by atoms with Gasteiger partial charge in [-0.25, -0.2) is 0 Å². The first kappa shape index (κ1) is 15.7. The van der Waals surface area contributed by atoms with E-state index in [-0.39, 0.29) is 18.2 Å². The zero-order chi connectivity index (χ0) is 15.9. The standard InChI is InChI=1S/C16H16N2O4/c1-22-12-16(19)17(14-5-3-2-4-6-14)11-13-7-9-15(10-8-13)18(20)21/h2-10H,11-12H2,1H3. The van der Waals surface area contributed by atoms with E-state index in [1.54, 1.807) is 17.0 Å². The highest BCUT2D eigenvalue weighted by molar-refractivity contribution is 5.94. The number of nitrogens with zero attached hydrogens (tertiary/aromatic N) is 2. The van der Waals surface area contributed by atoms with Crippen LogP contribution in [0.15, 0.2) is 54.6 Å². The number of nitro groups is 1. The van der Waals surface area contributed by atoms with Crippen LogP contribution in [-0.2, 0) is 16.1 Å². The van der Waals surface area contributed by atoms with E-state index in [0.717, 1.165) is 11.3 Å². The molecule has 0 saturated carbocycles. The van der Waals surface area contributed by atoms with E-state index in [1.165, 1.54) is 19.2 Å². The summed E-state index contributed by atoms with van der Waals surface area (Å²) in [6.45, 7) is 0.298. The summed E-state index contributed by atoms with van der Waals surface area (Å²) >= 11 is 0. The van der Waals surface area contributed by atoms with Gasteiger partial charge in [0.15, 0.2) is 0 Å². The maximum Gasteiger partial charge on any atom is 0.269 e. The molecule has 1 amide bonds. The Bertz CT molecular complexity index is 641. The van der Waals surface area contributed by atoms with Crippen molar-refractivity contribution in [1.82, 2.24) is 0 Å². The minimum Gasteiger partial charge on any atom is -0.375 e. The van der Waals surface area contributed by atoms with Crippen LogP contribution in [0.5, 0.6) is 0 Å². The number of ether oxygens (including phenoxy) is 1. The monoisotopic (exact) mass is 300 g/mol. The number of anilines is 1. The molecule has 6 nitrogen and oxygen atoms in total. The van der Waals surface area contributed by atoms with Gasteiger partial charge in [-0.2, -0.15) is 0 Å². The maximum absolute atomic E-state index is 12.2. The molecule has 0 radical (unpaired) electrons. The lowest BCUT2D eigenvalue weighted by atomic mass is 10.1. The fourth-order valence-corrected chi connectivity index (χ4v) is 2.04. The van der Waals surface area contributed by atoms with Gasteiger partial charge in [0.2, 0.25) is 0 Å². The maximum atomic E-state index is 12.2. The highest BCUT2D eigenvalue weighted by Crippen LogP contribution is 2.19. The minimum absolute atomic E-state index is 0.0259. The van der Waals surface area contributed by atoms with Crippen molar-refractivity contribution >= 4 is 17.3 Å². The fourth-order valence-electron chi connectivity index (χ4n) is 2.04. The van der Waals surface area contributed by atoms with Crippen molar-refractivity contribution in [3.8, 4) is 0 Å². The molecule has 0 spiro atoms. The first-order valence-electron chi connectivity index (χ1n) is 6.69. The second-order valence-corrected chi connectivity index (χ2v) is 4.67. The van der Waals surface area contributed by atoms with Gasteiger partial charge in [0, 0.05) is 24.9 Å². The van der Waals surface area contributed by atoms with Crippen LogP contribution in [0.25, 0.3) is 0 Å².